The van der Waals surface area contributed by atoms with Crippen LogP contribution in [-0.2, 0) is 0 Å². The first kappa shape index (κ1) is 12.3. The highest BCUT2D eigenvalue weighted by atomic mass is 79.9. The summed E-state index contributed by atoms with van der Waals surface area (Å²) >= 11 is 5.78. The van der Waals surface area contributed by atoms with Crippen molar-refractivity contribution in [3.63, 3.8) is 0 Å². The molecule has 0 aliphatic heterocycles. The molecule has 14 heavy (non-hydrogen) atoms. The van der Waals surface area contributed by atoms with E-state index in [1.54, 1.807) is 0 Å². The average Bonchev–Trinajstić information content (AvgIpc) is 2.47. The van der Waals surface area contributed by atoms with Crippen molar-refractivity contribution < 1.29 is 0 Å². The molecule has 1 rings (SSSR count). The largest absolute Gasteiger partial charge is 0.144 e. The van der Waals surface area contributed by atoms with E-state index < -0.39 is 0 Å². The molecule has 2 heteroatoms. The maximum Gasteiger partial charge on any atom is 0.0519 e. The molecule has 80 valence electrons. The van der Waals surface area contributed by atoms with Gasteiger partial charge in [0.25, 0.3) is 0 Å². The van der Waals surface area contributed by atoms with E-state index >= 15 is 0 Å². The van der Waals surface area contributed by atoms with Gasteiger partial charge in [0.2, 0.25) is 0 Å². The van der Waals surface area contributed by atoms with Crippen molar-refractivity contribution in [3.8, 4) is 0 Å². The summed E-state index contributed by atoms with van der Waals surface area (Å²) < 4.78 is 0. The van der Waals surface area contributed by atoms with Crippen molar-refractivity contribution in [1.82, 2.24) is 0 Å². The fourth-order valence-corrected chi connectivity index (χ4v) is 4.35. The van der Waals surface area contributed by atoms with E-state index in [1.165, 1.54) is 28.2 Å². The van der Waals surface area contributed by atoms with Crippen LogP contribution in [0.1, 0.15) is 46.8 Å². The van der Waals surface area contributed by atoms with Gasteiger partial charge >= 0.3 is 0 Å². The van der Waals surface area contributed by atoms with E-state index in [0.29, 0.717) is 4.83 Å². The summed E-state index contributed by atoms with van der Waals surface area (Å²) in [5.74, 6) is 0.770. The van der Waals surface area contributed by atoms with E-state index in [-0.39, 0.29) is 0 Å². The number of hydrogen-bond donors (Lipinski definition) is 0. The van der Waals surface area contributed by atoms with Crippen LogP contribution in [0.15, 0.2) is 6.07 Å². The molecule has 1 atom stereocenters. The maximum atomic E-state index is 3.85. The second-order valence-electron chi connectivity index (χ2n) is 3.88. The molecule has 0 fully saturated rings. The van der Waals surface area contributed by atoms with Crippen molar-refractivity contribution in [2.45, 2.75) is 45.4 Å². The van der Waals surface area contributed by atoms with Gasteiger partial charge < -0.3 is 0 Å². The van der Waals surface area contributed by atoms with Crippen LogP contribution in [-0.4, -0.2) is 0 Å². The molecule has 0 aliphatic rings. The van der Waals surface area contributed by atoms with Crippen LogP contribution in [0.4, 0.5) is 0 Å². The van der Waals surface area contributed by atoms with E-state index in [2.05, 4.69) is 49.7 Å². The molecule has 0 aliphatic carbocycles. The third-order valence-corrected chi connectivity index (χ3v) is 5.54. The Balaban J connectivity index is 2.87. The third-order valence-electron chi connectivity index (χ3n) is 2.79. The summed E-state index contributed by atoms with van der Waals surface area (Å²) in [6.07, 6.45) is 2.51. The first-order valence-electron chi connectivity index (χ1n) is 5.31. The van der Waals surface area contributed by atoms with Gasteiger partial charge in [0.1, 0.15) is 0 Å². The van der Waals surface area contributed by atoms with Gasteiger partial charge in [-0.15, -0.1) is 11.3 Å². The molecule has 0 N–H and O–H groups in total. The van der Waals surface area contributed by atoms with Gasteiger partial charge in [0.05, 0.1) is 4.83 Å². The Bertz CT molecular complexity index is 287. The monoisotopic (exact) mass is 274 g/mol. The zero-order valence-electron chi connectivity index (χ0n) is 9.43. The number of alkyl halides is 1. The molecule has 0 radical (unpaired) electrons. The minimum absolute atomic E-state index is 0.552. The minimum atomic E-state index is 0.552. The van der Waals surface area contributed by atoms with Gasteiger partial charge in [-0.3, -0.25) is 0 Å². The van der Waals surface area contributed by atoms with Gasteiger partial charge in [0.15, 0.2) is 0 Å². The number of hydrogen-bond acceptors (Lipinski definition) is 1. The molecule has 1 unspecified atom stereocenters. The second-order valence-corrected chi connectivity index (χ2v) is 6.16. The van der Waals surface area contributed by atoms with Crippen LogP contribution >= 0.6 is 27.3 Å². The smallest absolute Gasteiger partial charge is 0.0519 e. The molecule has 1 heterocycles. The summed E-state index contributed by atoms with van der Waals surface area (Å²) in [6.45, 7) is 8.96. The molecular weight excluding hydrogens is 256 g/mol. The maximum absolute atomic E-state index is 3.85. The fourth-order valence-electron chi connectivity index (χ4n) is 1.85. The highest BCUT2D eigenvalue weighted by molar-refractivity contribution is 9.09. The standard InChI is InChI=1S/C12H19BrS/c1-5-10(6-2)11(13)12-8(3)7-9(4)14-12/h7,10-11H,5-6H2,1-4H3. The summed E-state index contributed by atoms with van der Waals surface area (Å²) in [6, 6.07) is 2.29. The summed E-state index contributed by atoms with van der Waals surface area (Å²) in [7, 11) is 0. The Morgan fingerprint density at radius 1 is 1.29 bits per heavy atom. The van der Waals surface area contributed by atoms with E-state index in [1.807, 2.05) is 11.3 Å². The molecule has 1 aromatic heterocycles. The lowest BCUT2D eigenvalue weighted by atomic mass is 9.97. The first-order chi connectivity index (χ1) is 6.60. The molecule has 1 aromatic rings. The normalized spacial score (nSPS) is 13.6. The highest BCUT2D eigenvalue weighted by Gasteiger charge is 2.20. The van der Waals surface area contributed by atoms with Crippen molar-refractivity contribution in [1.29, 1.82) is 0 Å². The van der Waals surface area contributed by atoms with Gasteiger partial charge in [-0.25, -0.2) is 0 Å². The topological polar surface area (TPSA) is 0 Å². The van der Waals surface area contributed by atoms with Crippen LogP contribution in [0.3, 0.4) is 0 Å². The quantitative estimate of drug-likeness (QED) is 0.659. The Hall–Kier alpha value is 0.180. The van der Waals surface area contributed by atoms with Crippen molar-refractivity contribution >= 4 is 27.3 Å². The Morgan fingerprint density at radius 3 is 2.21 bits per heavy atom. The lowest BCUT2D eigenvalue weighted by molar-refractivity contribution is 0.489. The van der Waals surface area contributed by atoms with Crippen LogP contribution < -0.4 is 0 Å². The third kappa shape index (κ3) is 2.60. The molecule has 0 bridgehead atoms. The first-order valence-corrected chi connectivity index (χ1v) is 7.04. The molecular formula is C12H19BrS. The number of thiophene rings is 1. The van der Waals surface area contributed by atoms with Crippen LogP contribution in [0.5, 0.6) is 0 Å². The van der Waals surface area contributed by atoms with Crippen molar-refractivity contribution in [2.24, 2.45) is 5.92 Å². The average molecular weight is 275 g/mol. The predicted octanol–water partition coefficient (Wildman–Crippen LogP) is 5.24. The zero-order chi connectivity index (χ0) is 10.7. The SMILES string of the molecule is CCC(CC)C(Br)c1sc(C)cc1C. The summed E-state index contributed by atoms with van der Waals surface area (Å²) in [5, 5.41) is 0. The number of aryl methyl sites for hydroxylation is 2. The van der Waals surface area contributed by atoms with Gasteiger partial charge in [-0.2, -0.15) is 0 Å². The minimum Gasteiger partial charge on any atom is -0.144 e. The Morgan fingerprint density at radius 2 is 1.86 bits per heavy atom. The van der Waals surface area contributed by atoms with Gasteiger partial charge in [-0.1, -0.05) is 42.6 Å². The second kappa shape index (κ2) is 5.32. The van der Waals surface area contributed by atoms with Crippen LogP contribution in [0.25, 0.3) is 0 Å². The molecule has 0 spiro atoms. The highest BCUT2D eigenvalue weighted by Crippen LogP contribution is 2.40. The van der Waals surface area contributed by atoms with Gasteiger partial charge in [-0.05, 0) is 31.4 Å². The molecule has 0 aromatic carbocycles. The van der Waals surface area contributed by atoms with Crippen molar-refractivity contribution in [3.05, 3.63) is 21.4 Å². The Kier molecular flexibility index (Phi) is 4.65. The predicted molar refractivity (Wildman–Crippen MR) is 69.5 cm³/mol. The lowest BCUT2D eigenvalue weighted by Gasteiger charge is -2.19. The van der Waals surface area contributed by atoms with E-state index in [0.717, 1.165) is 5.92 Å². The Labute approximate surface area is 99.9 Å². The zero-order valence-corrected chi connectivity index (χ0v) is 11.8. The van der Waals surface area contributed by atoms with E-state index in [4.69, 9.17) is 0 Å². The number of halogens is 1. The molecule has 0 saturated heterocycles. The summed E-state index contributed by atoms with van der Waals surface area (Å²) in [4.78, 5) is 3.50. The molecule has 0 nitrogen and oxygen atoms in total. The van der Waals surface area contributed by atoms with E-state index in [9.17, 15) is 0 Å². The van der Waals surface area contributed by atoms with Crippen LogP contribution in [0.2, 0.25) is 0 Å². The number of rotatable bonds is 4. The molecule has 0 amide bonds. The van der Waals surface area contributed by atoms with Crippen molar-refractivity contribution in [2.75, 3.05) is 0 Å². The lowest BCUT2D eigenvalue weighted by Crippen LogP contribution is -2.04. The van der Waals surface area contributed by atoms with Gasteiger partial charge in [0, 0.05) is 9.75 Å². The summed E-state index contributed by atoms with van der Waals surface area (Å²) in [5.41, 5.74) is 1.45. The fraction of sp³-hybridized carbons (Fsp3) is 0.667. The molecule has 0 saturated carbocycles. The van der Waals surface area contributed by atoms with Crippen LogP contribution in [0, 0.1) is 19.8 Å².